The minimum Gasteiger partial charge on any atom is -0.495 e. The van der Waals surface area contributed by atoms with E-state index < -0.39 is 4.92 Å². The van der Waals surface area contributed by atoms with Gasteiger partial charge in [0.2, 0.25) is 0 Å². The van der Waals surface area contributed by atoms with Crippen LogP contribution < -0.4 is 10.5 Å². The van der Waals surface area contributed by atoms with Crippen molar-refractivity contribution in [2.45, 2.75) is 6.92 Å². The summed E-state index contributed by atoms with van der Waals surface area (Å²) >= 11 is 6.03. The number of aryl methyl sites for hydroxylation is 1. The monoisotopic (exact) mass is 320 g/mol. The van der Waals surface area contributed by atoms with Crippen molar-refractivity contribution in [1.82, 2.24) is 0 Å². The first kappa shape index (κ1) is 15.7. The Balaban J connectivity index is 2.43. The van der Waals surface area contributed by atoms with Gasteiger partial charge in [-0.2, -0.15) is 0 Å². The Morgan fingerprint density at radius 1 is 1.23 bits per heavy atom. The predicted octanol–water partition coefficient (Wildman–Crippen LogP) is 4.56. The Hall–Kier alpha value is -2.67. The second-order valence-electron chi connectivity index (χ2n) is 4.49. The summed E-state index contributed by atoms with van der Waals surface area (Å²) in [5, 5.41) is 19.2. The fourth-order valence-electron chi connectivity index (χ4n) is 1.78. The van der Waals surface area contributed by atoms with Crippen molar-refractivity contribution in [3.8, 4) is 5.75 Å². The number of benzene rings is 2. The van der Waals surface area contributed by atoms with Crippen molar-refractivity contribution in [3.05, 3.63) is 51.0 Å². The molecule has 0 aromatic heterocycles. The lowest BCUT2D eigenvalue weighted by atomic mass is 10.2. The highest BCUT2D eigenvalue weighted by molar-refractivity contribution is 6.33. The standard InChI is InChI=1S/C14H13ClN4O3/c1-8-3-4-11(13(5-8)19(20)21)17-18-12-7-14(22-2)10(16)6-9(12)15/h3-7H,16H2,1-2H3. The van der Waals surface area contributed by atoms with Gasteiger partial charge in [-0.1, -0.05) is 17.7 Å². The molecule has 0 spiro atoms. The second-order valence-corrected chi connectivity index (χ2v) is 4.90. The Labute approximate surface area is 131 Å². The molecule has 0 bridgehead atoms. The number of hydrogen-bond donors (Lipinski definition) is 1. The molecule has 0 fully saturated rings. The quantitative estimate of drug-likeness (QED) is 0.386. The number of halogens is 1. The van der Waals surface area contributed by atoms with Gasteiger partial charge in [0.15, 0.2) is 5.69 Å². The molecule has 0 aliphatic heterocycles. The zero-order chi connectivity index (χ0) is 16.3. The molecule has 0 atom stereocenters. The number of nitrogen functional groups attached to an aromatic ring is 1. The fraction of sp³-hybridized carbons (Fsp3) is 0.143. The normalized spacial score (nSPS) is 10.9. The van der Waals surface area contributed by atoms with Crippen LogP contribution in [-0.4, -0.2) is 12.0 Å². The molecule has 0 aliphatic carbocycles. The van der Waals surface area contributed by atoms with Crippen LogP contribution in [0.2, 0.25) is 5.02 Å². The second kappa shape index (κ2) is 6.40. The minimum absolute atomic E-state index is 0.123. The first-order valence-electron chi connectivity index (χ1n) is 6.22. The molecule has 0 saturated carbocycles. The number of nitrogens with zero attached hydrogens (tertiary/aromatic N) is 3. The van der Waals surface area contributed by atoms with E-state index in [0.717, 1.165) is 5.56 Å². The fourth-order valence-corrected chi connectivity index (χ4v) is 1.99. The summed E-state index contributed by atoms with van der Waals surface area (Å²) in [7, 11) is 1.46. The van der Waals surface area contributed by atoms with E-state index >= 15 is 0 Å². The maximum atomic E-state index is 11.0. The van der Waals surface area contributed by atoms with Crippen molar-refractivity contribution in [3.63, 3.8) is 0 Å². The molecular weight excluding hydrogens is 308 g/mol. The molecule has 114 valence electrons. The molecule has 0 heterocycles. The molecule has 0 amide bonds. The smallest absolute Gasteiger partial charge is 0.296 e. The maximum Gasteiger partial charge on any atom is 0.296 e. The third-order valence-electron chi connectivity index (χ3n) is 2.89. The number of rotatable bonds is 4. The van der Waals surface area contributed by atoms with E-state index in [0.29, 0.717) is 17.1 Å². The number of nitrogens with two attached hydrogens (primary N) is 1. The molecule has 8 heteroatoms. The summed E-state index contributed by atoms with van der Waals surface area (Å²) in [5.74, 6) is 0.400. The summed E-state index contributed by atoms with van der Waals surface area (Å²) in [6.45, 7) is 1.76. The number of nitro benzene ring substituents is 1. The predicted molar refractivity (Wildman–Crippen MR) is 84.4 cm³/mol. The summed E-state index contributed by atoms with van der Waals surface area (Å²) < 4.78 is 5.08. The van der Waals surface area contributed by atoms with Gasteiger partial charge in [0.1, 0.15) is 11.4 Å². The molecular formula is C14H13ClN4O3. The number of nitro groups is 1. The zero-order valence-corrected chi connectivity index (χ0v) is 12.7. The van der Waals surface area contributed by atoms with Crippen molar-refractivity contribution in [2.75, 3.05) is 12.8 Å². The lowest BCUT2D eigenvalue weighted by Gasteiger charge is -2.06. The molecule has 0 aliphatic rings. The lowest BCUT2D eigenvalue weighted by Crippen LogP contribution is -1.91. The van der Waals surface area contributed by atoms with Gasteiger partial charge in [-0.25, -0.2) is 0 Å². The maximum absolute atomic E-state index is 11.0. The molecule has 2 aromatic rings. The highest BCUT2D eigenvalue weighted by atomic mass is 35.5. The number of azo groups is 1. The van der Waals surface area contributed by atoms with Crippen molar-refractivity contribution >= 4 is 34.4 Å². The van der Waals surface area contributed by atoms with Crippen LogP contribution in [0.4, 0.5) is 22.7 Å². The van der Waals surface area contributed by atoms with Gasteiger partial charge in [-0.3, -0.25) is 10.1 Å². The average molecular weight is 321 g/mol. The van der Waals surface area contributed by atoms with E-state index in [1.54, 1.807) is 13.0 Å². The van der Waals surface area contributed by atoms with E-state index in [1.165, 1.54) is 31.4 Å². The average Bonchev–Trinajstić information content (AvgIpc) is 2.47. The Morgan fingerprint density at radius 3 is 2.55 bits per heavy atom. The van der Waals surface area contributed by atoms with Crippen molar-refractivity contribution < 1.29 is 9.66 Å². The summed E-state index contributed by atoms with van der Waals surface area (Å²) in [5.41, 5.74) is 7.17. The Morgan fingerprint density at radius 2 is 1.91 bits per heavy atom. The van der Waals surface area contributed by atoms with Gasteiger partial charge in [0, 0.05) is 12.1 Å². The van der Waals surface area contributed by atoms with Crippen molar-refractivity contribution in [1.29, 1.82) is 0 Å². The summed E-state index contributed by atoms with van der Waals surface area (Å²) in [6, 6.07) is 7.67. The molecule has 2 aromatic carbocycles. The van der Waals surface area contributed by atoms with E-state index in [1.807, 2.05) is 0 Å². The van der Waals surface area contributed by atoms with Crippen LogP contribution in [0.5, 0.6) is 5.75 Å². The first-order chi connectivity index (χ1) is 10.4. The van der Waals surface area contributed by atoms with Gasteiger partial charge in [-0.05, 0) is 24.6 Å². The lowest BCUT2D eigenvalue weighted by molar-refractivity contribution is -0.384. The van der Waals surface area contributed by atoms with Crippen LogP contribution >= 0.6 is 11.6 Å². The van der Waals surface area contributed by atoms with Crippen LogP contribution in [0.25, 0.3) is 0 Å². The van der Waals surface area contributed by atoms with Gasteiger partial charge < -0.3 is 10.5 Å². The van der Waals surface area contributed by atoms with E-state index in [-0.39, 0.29) is 16.4 Å². The number of ether oxygens (including phenoxy) is 1. The highest BCUT2D eigenvalue weighted by Crippen LogP contribution is 2.36. The van der Waals surface area contributed by atoms with E-state index in [4.69, 9.17) is 22.1 Å². The summed E-state index contributed by atoms with van der Waals surface area (Å²) in [4.78, 5) is 10.5. The number of methoxy groups -OCH3 is 1. The molecule has 7 nitrogen and oxygen atoms in total. The first-order valence-corrected chi connectivity index (χ1v) is 6.60. The van der Waals surface area contributed by atoms with Gasteiger partial charge >= 0.3 is 0 Å². The van der Waals surface area contributed by atoms with Crippen LogP contribution in [0, 0.1) is 17.0 Å². The van der Waals surface area contributed by atoms with Crippen LogP contribution in [0.1, 0.15) is 5.56 Å². The SMILES string of the molecule is COc1cc(N=Nc2ccc(C)cc2[N+](=O)[O-])c(Cl)cc1N. The van der Waals surface area contributed by atoms with Crippen LogP contribution in [0.15, 0.2) is 40.6 Å². The topological polar surface area (TPSA) is 103 Å². The highest BCUT2D eigenvalue weighted by Gasteiger charge is 2.14. The van der Waals surface area contributed by atoms with Gasteiger partial charge in [0.25, 0.3) is 5.69 Å². The van der Waals surface area contributed by atoms with Gasteiger partial charge in [0.05, 0.1) is 22.7 Å². The van der Waals surface area contributed by atoms with Crippen LogP contribution in [-0.2, 0) is 0 Å². The summed E-state index contributed by atoms with van der Waals surface area (Å²) in [6.07, 6.45) is 0. The van der Waals surface area contributed by atoms with E-state index in [2.05, 4.69) is 10.2 Å². The minimum atomic E-state index is -0.507. The molecule has 0 saturated heterocycles. The molecule has 22 heavy (non-hydrogen) atoms. The number of hydrogen-bond acceptors (Lipinski definition) is 6. The van der Waals surface area contributed by atoms with Crippen molar-refractivity contribution in [2.24, 2.45) is 10.2 Å². The van der Waals surface area contributed by atoms with Gasteiger partial charge in [-0.15, -0.1) is 10.2 Å². The Bertz CT molecular complexity index is 762. The molecule has 0 radical (unpaired) electrons. The third kappa shape index (κ3) is 3.32. The largest absolute Gasteiger partial charge is 0.495 e. The Kier molecular flexibility index (Phi) is 4.57. The third-order valence-corrected chi connectivity index (χ3v) is 3.19. The molecule has 2 N–H and O–H groups in total. The number of anilines is 1. The molecule has 2 rings (SSSR count). The van der Waals surface area contributed by atoms with Crippen LogP contribution in [0.3, 0.4) is 0 Å². The zero-order valence-electron chi connectivity index (χ0n) is 11.9. The van der Waals surface area contributed by atoms with E-state index in [9.17, 15) is 10.1 Å². The molecule has 0 unspecified atom stereocenters.